The summed E-state index contributed by atoms with van der Waals surface area (Å²) in [6.07, 6.45) is 8.16. The van der Waals surface area contributed by atoms with Gasteiger partial charge in [-0.05, 0) is 100 Å². The van der Waals surface area contributed by atoms with Crippen LogP contribution in [0.5, 0.6) is 0 Å². The third kappa shape index (κ3) is 5.50. The molecule has 3 rings (SSSR count). The Hall–Kier alpha value is -0.160. The van der Waals surface area contributed by atoms with E-state index in [-0.39, 0.29) is 0 Å². The second kappa shape index (κ2) is 8.91. The Morgan fingerprint density at radius 3 is 1.32 bits per heavy atom. The van der Waals surface area contributed by atoms with E-state index < -0.39 is 0 Å². The summed E-state index contributed by atoms with van der Waals surface area (Å²) >= 11 is 0. The van der Waals surface area contributed by atoms with Crippen LogP contribution in [-0.2, 0) is 0 Å². The molecular weight excluding hydrogens is 344 g/mol. The van der Waals surface area contributed by atoms with Crippen LogP contribution in [0.4, 0.5) is 0 Å². The molecule has 0 radical (unpaired) electrons. The minimum atomic E-state index is 0.331. The van der Waals surface area contributed by atoms with E-state index >= 15 is 0 Å². The van der Waals surface area contributed by atoms with E-state index in [1.54, 1.807) is 0 Å². The predicted molar refractivity (Wildman–Crippen MR) is 121 cm³/mol. The van der Waals surface area contributed by atoms with E-state index in [9.17, 15) is 0 Å². The van der Waals surface area contributed by atoms with Crippen molar-refractivity contribution >= 4 is 0 Å². The highest BCUT2D eigenvalue weighted by molar-refractivity contribution is 4.91. The molecule has 3 fully saturated rings. The van der Waals surface area contributed by atoms with Gasteiger partial charge in [-0.3, -0.25) is 9.80 Å². The summed E-state index contributed by atoms with van der Waals surface area (Å²) < 4.78 is 0. The van der Waals surface area contributed by atoms with E-state index in [2.05, 4.69) is 68.2 Å². The highest BCUT2D eigenvalue weighted by Gasteiger charge is 2.35. The van der Waals surface area contributed by atoms with Gasteiger partial charge in [-0.15, -0.1) is 0 Å². The molecule has 0 N–H and O–H groups in total. The molecule has 0 atom stereocenters. The van der Waals surface area contributed by atoms with Crippen LogP contribution in [0, 0.1) is 0 Å². The van der Waals surface area contributed by atoms with Gasteiger partial charge in [0.05, 0.1) is 0 Å². The standard InChI is InChI=1S/C24H48N4/c1-23(2,3)27-16-10-21(11-17-27)25(7)20-8-14-26(15-9-20)22-12-18-28(19-13-22)24(4,5)6/h20-22H,8-19H2,1-7H3. The van der Waals surface area contributed by atoms with Gasteiger partial charge < -0.3 is 9.80 Å². The number of nitrogens with zero attached hydrogens (tertiary/aromatic N) is 4. The average molecular weight is 393 g/mol. The predicted octanol–water partition coefficient (Wildman–Crippen LogP) is 3.91. The van der Waals surface area contributed by atoms with Crippen molar-refractivity contribution < 1.29 is 0 Å². The Morgan fingerprint density at radius 2 is 0.929 bits per heavy atom. The van der Waals surface area contributed by atoms with Crippen LogP contribution >= 0.6 is 0 Å². The summed E-state index contributed by atoms with van der Waals surface area (Å²) in [4.78, 5) is 10.9. The van der Waals surface area contributed by atoms with Crippen molar-refractivity contribution in [1.29, 1.82) is 0 Å². The zero-order valence-corrected chi connectivity index (χ0v) is 20.0. The van der Waals surface area contributed by atoms with Gasteiger partial charge in [0.15, 0.2) is 0 Å². The van der Waals surface area contributed by atoms with Gasteiger partial charge in [-0.2, -0.15) is 0 Å². The van der Waals surface area contributed by atoms with Gasteiger partial charge in [0.1, 0.15) is 0 Å². The number of likely N-dealkylation sites (tertiary alicyclic amines) is 3. The maximum absolute atomic E-state index is 2.83. The topological polar surface area (TPSA) is 13.0 Å². The van der Waals surface area contributed by atoms with Crippen LogP contribution in [-0.4, -0.2) is 95.1 Å². The number of hydrogen-bond acceptors (Lipinski definition) is 4. The van der Waals surface area contributed by atoms with Crippen molar-refractivity contribution in [3.63, 3.8) is 0 Å². The Kier molecular flexibility index (Phi) is 7.17. The van der Waals surface area contributed by atoms with Crippen molar-refractivity contribution in [2.45, 2.75) is 109 Å². The molecule has 3 heterocycles. The summed E-state index contributed by atoms with van der Waals surface area (Å²) in [5.74, 6) is 0. The lowest BCUT2D eigenvalue weighted by Crippen LogP contribution is -2.55. The van der Waals surface area contributed by atoms with Crippen molar-refractivity contribution in [2.75, 3.05) is 46.3 Å². The van der Waals surface area contributed by atoms with Crippen LogP contribution < -0.4 is 0 Å². The molecule has 0 spiro atoms. The van der Waals surface area contributed by atoms with Crippen LogP contribution in [0.25, 0.3) is 0 Å². The first kappa shape index (κ1) is 22.5. The number of rotatable bonds is 3. The molecule has 0 unspecified atom stereocenters. The molecule has 164 valence electrons. The van der Waals surface area contributed by atoms with E-state index in [4.69, 9.17) is 0 Å². The smallest absolute Gasteiger partial charge is 0.0125 e. The third-order valence-corrected chi connectivity index (χ3v) is 7.99. The minimum absolute atomic E-state index is 0.331. The second-order valence-corrected chi connectivity index (χ2v) is 11.7. The average Bonchev–Trinajstić information content (AvgIpc) is 2.66. The Labute approximate surface area is 175 Å². The fourth-order valence-electron chi connectivity index (χ4n) is 5.80. The summed E-state index contributed by atoms with van der Waals surface area (Å²) in [6, 6.07) is 2.43. The summed E-state index contributed by atoms with van der Waals surface area (Å²) in [7, 11) is 2.42. The SMILES string of the molecule is CN(C1CCN(C2CCN(C(C)(C)C)CC2)CC1)C1CCN(C(C)(C)C)CC1. The second-order valence-electron chi connectivity index (χ2n) is 11.7. The van der Waals surface area contributed by atoms with E-state index in [0.717, 1.165) is 18.1 Å². The number of piperidine rings is 3. The molecule has 3 aliphatic heterocycles. The molecule has 0 saturated carbocycles. The normalized spacial score (nSPS) is 27.0. The first-order valence-corrected chi connectivity index (χ1v) is 12.0. The highest BCUT2D eigenvalue weighted by atomic mass is 15.3. The molecule has 0 aliphatic carbocycles. The summed E-state index contributed by atoms with van der Waals surface area (Å²) in [5, 5.41) is 0. The van der Waals surface area contributed by atoms with Gasteiger partial charge in [0.2, 0.25) is 0 Å². The molecule has 3 aliphatic rings. The Bertz CT molecular complexity index is 468. The van der Waals surface area contributed by atoms with E-state index in [1.165, 1.54) is 77.8 Å². The molecule has 28 heavy (non-hydrogen) atoms. The molecule has 0 aromatic carbocycles. The zero-order valence-electron chi connectivity index (χ0n) is 20.0. The Balaban J connectivity index is 1.41. The lowest BCUT2D eigenvalue weighted by molar-refractivity contribution is 0.0126. The van der Waals surface area contributed by atoms with Crippen LogP contribution in [0.2, 0.25) is 0 Å². The largest absolute Gasteiger partial charge is 0.300 e. The zero-order chi connectivity index (χ0) is 20.5. The van der Waals surface area contributed by atoms with Crippen molar-refractivity contribution in [3.05, 3.63) is 0 Å². The van der Waals surface area contributed by atoms with Crippen molar-refractivity contribution in [1.82, 2.24) is 19.6 Å². The Morgan fingerprint density at radius 1 is 0.571 bits per heavy atom. The summed E-state index contributed by atoms with van der Waals surface area (Å²) in [5.41, 5.74) is 0.667. The molecular formula is C24H48N4. The van der Waals surface area contributed by atoms with Crippen molar-refractivity contribution in [3.8, 4) is 0 Å². The maximum atomic E-state index is 2.83. The quantitative estimate of drug-likeness (QED) is 0.722. The fourth-order valence-corrected chi connectivity index (χ4v) is 5.80. The van der Waals surface area contributed by atoms with Crippen molar-refractivity contribution in [2.24, 2.45) is 0 Å². The lowest BCUT2D eigenvalue weighted by Gasteiger charge is -2.48. The van der Waals surface area contributed by atoms with Crippen LogP contribution in [0.1, 0.15) is 80.1 Å². The highest BCUT2D eigenvalue weighted by Crippen LogP contribution is 2.29. The molecule has 4 heteroatoms. The molecule has 0 bridgehead atoms. The van der Waals surface area contributed by atoms with Gasteiger partial charge in [-0.1, -0.05) is 0 Å². The van der Waals surface area contributed by atoms with E-state index in [1.807, 2.05) is 0 Å². The van der Waals surface area contributed by atoms with Gasteiger partial charge in [-0.25, -0.2) is 0 Å². The van der Waals surface area contributed by atoms with Gasteiger partial charge >= 0.3 is 0 Å². The molecule has 3 saturated heterocycles. The van der Waals surface area contributed by atoms with Crippen LogP contribution in [0.3, 0.4) is 0 Å². The molecule has 0 aromatic heterocycles. The lowest BCUT2D eigenvalue weighted by atomic mass is 9.92. The molecule has 0 aromatic rings. The number of hydrogen-bond donors (Lipinski definition) is 0. The van der Waals surface area contributed by atoms with Crippen LogP contribution in [0.15, 0.2) is 0 Å². The third-order valence-electron chi connectivity index (χ3n) is 7.99. The fraction of sp³-hybridized carbons (Fsp3) is 1.00. The minimum Gasteiger partial charge on any atom is -0.300 e. The first-order chi connectivity index (χ1) is 13.1. The van der Waals surface area contributed by atoms with Gasteiger partial charge in [0.25, 0.3) is 0 Å². The maximum Gasteiger partial charge on any atom is 0.0125 e. The van der Waals surface area contributed by atoms with E-state index in [0.29, 0.717) is 11.1 Å². The summed E-state index contributed by atoms with van der Waals surface area (Å²) in [6.45, 7) is 21.9. The first-order valence-electron chi connectivity index (χ1n) is 12.0. The molecule has 4 nitrogen and oxygen atoms in total. The monoisotopic (exact) mass is 392 g/mol. The van der Waals surface area contributed by atoms with Gasteiger partial charge in [0, 0.05) is 55.4 Å². The molecule has 0 amide bonds.